The van der Waals surface area contributed by atoms with Crippen LogP contribution in [0.15, 0.2) is 30.3 Å². The Morgan fingerprint density at radius 2 is 2.07 bits per heavy atom. The van der Waals surface area contributed by atoms with Gasteiger partial charge in [-0.3, -0.25) is 4.79 Å². The molecule has 0 fully saturated rings. The van der Waals surface area contributed by atoms with E-state index in [-0.39, 0.29) is 5.78 Å². The van der Waals surface area contributed by atoms with Crippen LogP contribution < -0.4 is 4.74 Å². The smallest absolute Gasteiger partial charge is 0.165 e. The summed E-state index contributed by atoms with van der Waals surface area (Å²) in [7, 11) is 1.63. The lowest BCUT2D eigenvalue weighted by atomic mass is 10.2. The fourth-order valence-electron chi connectivity index (χ4n) is 1.09. The van der Waals surface area contributed by atoms with Crippen LogP contribution in [0, 0.1) is 0 Å². The lowest BCUT2D eigenvalue weighted by Crippen LogP contribution is -1.94. The number of carbonyl (C=O) groups is 1. The van der Waals surface area contributed by atoms with E-state index in [0.29, 0.717) is 5.75 Å². The van der Waals surface area contributed by atoms with E-state index < -0.39 is 0 Å². The summed E-state index contributed by atoms with van der Waals surface area (Å²) in [6, 6.07) is 7.58. The average Bonchev–Trinajstić information content (AvgIpc) is 2.27. The Kier molecular flexibility index (Phi) is 4.98. The van der Waals surface area contributed by atoms with E-state index in [2.05, 4.69) is 0 Å². The minimum atomic E-state index is 0.137. The van der Waals surface area contributed by atoms with E-state index >= 15 is 0 Å². The summed E-state index contributed by atoms with van der Waals surface area (Å²) >= 11 is 1.53. The van der Waals surface area contributed by atoms with Crippen molar-refractivity contribution in [3.05, 3.63) is 35.9 Å². The fraction of sp³-hybridized carbons (Fsp3) is 0.250. The van der Waals surface area contributed by atoms with Gasteiger partial charge in [0.1, 0.15) is 5.75 Å². The third-order valence-corrected chi connectivity index (χ3v) is 2.44. The Morgan fingerprint density at radius 3 is 2.60 bits per heavy atom. The second kappa shape index (κ2) is 6.30. The molecule has 15 heavy (non-hydrogen) atoms. The Morgan fingerprint density at radius 1 is 1.40 bits per heavy atom. The number of hydrogen-bond acceptors (Lipinski definition) is 3. The summed E-state index contributed by atoms with van der Waals surface area (Å²) in [5.41, 5.74) is 1.00. The average molecular weight is 222 g/mol. The van der Waals surface area contributed by atoms with Crippen molar-refractivity contribution in [1.29, 1.82) is 0 Å². The molecule has 0 aromatic heterocycles. The van der Waals surface area contributed by atoms with E-state index in [0.717, 1.165) is 11.3 Å². The zero-order valence-electron chi connectivity index (χ0n) is 8.90. The first kappa shape index (κ1) is 11.9. The van der Waals surface area contributed by atoms with Crippen molar-refractivity contribution < 1.29 is 9.53 Å². The van der Waals surface area contributed by atoms with Crippen molar-refractivity contribution in [3.63, 3.8) is 0 Å². The molecule has 0 saturated carbocycles. The van der Waals surface area contributed by atoms with Crippen LogP contribution in [0.4, 0.5) is 0 Å². The van der Waals surface area contributed by atoms with E-state index in [1.165, 1.54) is 11.8 Å². The highest BCUT2D eigenvalue weighted by Gasteiger charge is 1.94. The van der Waals surface area contributed by atoms with Gasteiger partial charge >= 0.3 is 0 Å². The van der Waals surface area contributed by atoms with Gasteiger partial charge in [0.05, 0.1) is 12.9 Å². The molecule has 0 unspecified atom stereocenters. The minimum Gasteiger partial charge on any atom is -0.497 e. The molecular weight excluding hydrogens is 208 g/mol. The van der Waals surface area contributed by atoms with Crippen LogP contribution in [0.5, 0.6) is 5.75 Å². The van der Waals surface area contributed by atoms with E-state index in [9.17, 15) is 4.79 Å². The number of allylic oxidation sites excluding steroid dienone is 1. The number of methoxy groups -OCH3 is 1. The number of ketones is 1. The van der Waals surface area contributed by atoms with Crippen LogP contribution in [0.3, 0.4) is 0 Å². The van der Waals surface area contributed by atoms with Crippen molar-refractivity contribution >= 4 is 23.6 Å². The van der Waals surface area contributed by atoms with Crippen LogP contribution in [-0.4, -0.2) is 24.9 Å². The number of carbonyl (C=O) groups excluding carboxylic acids is 1. The maximum atomic E-state index is 11.2. The van der Waals surface area contributed by atoms with Gasteiger partial charge < -0.3 is 4.74 Å². The molecule has 3 heteroatoms. The van der Waals surface area contributed by atoms with Crippen LogP contribution in [0.2, 0.25) is 0 Å². The van der Waals surface area contributed by atoms with E-state index in [1.807, 2.05) is 36.6 Å². The third-order valence-electron chi connectivity index (χ3n) is 1.86. The summed E-state index contributed by atoms with van der Waals surface area (Å²) in [6.07, 6.45) is 5.34. The third kappa shape index (κ3) is 4.21. The standard InChI is InChI=1S/C12H14O2S/c1-14-12-7-4-10(5-8-12)3-6-11(13)9-15-2/h3-8H,9H2,1-2H3/b6-3+. The van der Waals surface area contributed by atoms with Gasteiger partial charge in [-0.05, 0) is 30.0 Å². The van der Waals surface area contributed by atoms with E-state index in [1.54, 1.807) is 13.2 Å². The molecule has 0 heterocycles. The maximum absolute atomic E-state index is 11.2. The lowest BCUT2D eigenvalue weighted by Gasteiger charge is -1.98. The summed E-state index contributed by atoms with van der Waals surface area (Å²) in [5.74, 6) is 1.49. The van der Waals surface area contributed by atoms with Crippen molar-refractivity contribution in [2.24, 2.45) is 0 Å². The number of rotatable bonds is 5. The number of ether oxygens (including phenoxy) is 1. The molecule has 0 bridgehead atoms. The van der Waals surface area contributed by atoms with Crippen LogP contribution in [0.25, 0.3) is 6.08 Å². The molecule has 2 nitrogen and oxygen atoms in total. The Labute approximate surface area is 94.3 Å². The minimum absolute atomic E-state index is 0.137. The topological polar surface area (TPSA) is 26.3 Å². The van der Waals surface area contributed by atoms with Gasteiger partial charge in [0.25, 0.3) is 0 Å². The molecule has 0 saturated heterocycles. The van der Waals surface area contributed by atoms with Gasteiger partial charge in [0.2, 0.25) is 0 Å². The van der Waals surface area contributed by atoms with Gasteiger partial charge in [0.15, 0.2) is 5.78 Å². The number of thioether (sulfide) groups is 1. The molecule has 1 aromatic rings. The molecule has 0 amide bonds. The Balaban J connectivity index is 2.60. The summed E-state index contributed by atoms with van der Waals surface area (Å²) < 4.78 is 5.04. The highest BCUT2D eigenvalue weighted by Crippen LogP contribution is 2.12. The molecule has 0 radical (unpaired) electrons. The molecule has 0 aliphatic rings. The predicted octanol–water partition coefficient (Wildman–Crippen LogP) is 2.64. The van der Waals surface area contributed by atoms with Crippen LogP contribution >= 0.6 is 11.8 Å². The molecule has 0 spiro atoms. The van der Waals surface area contributed by atoms with Gasteiger partial charge in [-0.25, -0.2) is 0 Å². The normalized spacial score (nSPS) is 10.5. The number of benzene rings is 1. The zero-order chi connectivity index (χ0) is 11.1. The SMILES string of the molecule is COc1ccc(/C=C/C(=O)CSC)cc1. The van der Waals surface area contributed by atoms with Crippen LogP contribution in [-0.2, 0) is 4.79 Å². The van der Waals surface area contributed by atoms with Gasteiger partial charge in [-0.2, -0.15) is 11.8 Å². The first-order chi connectivity index (χ1) is 7.26. The zero-order valence-corrected chi connectivity index (χ0v) is 9.71. The first-order valence-corrected chi connectivity index (χ1v) is 5.99. The second-order valence-electron chi connectivity index (χ2n) is 3.01. The van der Waals surface area contributed by atoms with Gasteiger partial charge in [-0.1, -0.05) is 18.2 Å². The maximum Gasteiger partial charge on any atom is 0.165 e. The van der Waals surface area contributed by atoms with E-state index in [4.69, 9.17) is 4.74 Å². The lowest BCUT2D eigenvalue weighted by molar-refractivity contribution is -0.112. The summed E-state index contributed by atoms with van der Waals surface area (Å²) in [4.78, 5) is 11.2. The molecule has 0 aliphatic carbocycles. The molecule has 0 N–H and O–H groups in total. The fourth-order valence-corrected chi connectivity index (χ4v) is 1.48. The van der Waals surface area contributed by atoms with Crippen LogP contribution in [0.1, 0.15) is 5.56 Å². The monoisotopic (exact) mass is 222 g/mol. The molecule has 1 rings (SSSR count). The predicted molar refractivity (Wildman–Crippen MR) is 65.4 cm³/mol. The van der Waals surface area contributed by atoms with Gasteiger partial charge in [-0.15, -0.1) is 0 Å². The molecule has 80 valence electrons. The highest BCUT2D eigenvalue weighted by atomic mass is 32.2. The quantitative estimate of drug-likeness (QED) is 0.716. The molecule has 0 atom stereocenters. The highest BCUT2D eigenvalue weighted by molar-refractivity contribution is 7.99. The van der Waals surface area contributed by atoms with Crippen molar-refractivity contribution in [1.82, 2.24) is 0 Å². The van der Waals surface area contributed by atoms with Crippen molar-refractivity contribution in [2.75, 3.05) is 19.1 Å². The second-order valence-corrected chi connectivity index (χ2v) is 3.87. The summed E-state index contributed by atoms with van der Waals surface area (Å²) in [5, 5.41) is 0. The van der Waals surface area contributed by atoms with Crippen molar-refractivity contribution in [3.8, 4) is 5.75 Å². The first-order valence-electron chi connectivity index (χ1n) is 4.60. The molecule has 1 aromatic carbocycles. The number of hydrogen-bond donors (Lipinski definition) is 0. The Hall–Kier alpha value is -1.22. The largest absolute Gasteiger partial charge is 0.497 e. The Bertz CT molecular complexity index is 341. The van der Waals surface area contributed by atoms with Gasteiger partial charge in [0, 0.05) is 0 Å². The molecule has 0 aliphatic heterocycles. The summed E-state index contributed by atoms with van der Waals surface area (Å²) in [6.45, 7) is 0. The molecular formula is C12H14O2S. The van der Waals surface area contributed by atoms with Crippen molar-refractivity contribution in [2.45, 2.75) is 0 Å².